The molecule has 0 bridgehead atoms. The summed E-state index contributed by atoms with van der Waals surface area (Å²) in [5.74, 6) is 10.7. The maximum Gasteiger partial charge on any atom is 0.233 e. The summed E-state index contributed by atoms with van der Waals surface area (Å²) in [5, 5.41) is 5.55. The molecule has 10 nitrogen and oxygen atoms in total. The summed E-state index contributed by atoms with van der Waals surface area (Å²) in [4.78, 5) is 44.8. The smallest absolute Gasteiger partial charge is 0.233 e. The van der Waals surface area contributed by atoms with Crippen molar-refractivity contribution < 1.29 is 19.2 Å². The molecule has 0 aliphatic rings. The Morgan fingerprint density at radius 2 is 0.962 bits per heavy atom. The molecule has 0 aliphatic carbocycles. The van der Waals surface area contributed by atoms with Gasteiger partial charge in [-0.2, -0.15) is 0 Å². The maximum absolute atomic E-state index is 11.5. The molecule has 12 heteroatoms. The SMILES string of the molecule is NNC(=O)CCCC(=O)NCCSSCCNC(=O)CCCC(=O)NN. The van der Waals surface area contributed by atoms with Gasteiger partial charge in [-0.1, -0.05) is 21.6 Å². The average Bonchev–Trinajstić information content (AvgIpc) is 2.63. The first-order chi connectivity index (χ1) is 12.5. The Kier molecular flexibility index (Phi) is 16.0. The first kappa shape index (κ1) is 24.5. The zero-order chi connectivity index (χ0) is 19.6. The third-order valence-corrected chi connectivity index (χ3v) is 5.44. The number of hydrogen-bond acceptors (Lipinski definition) is 8. The largest absolute Gasteiger partial charge is 0.355 e. The lowest BCUT2D eigenvalue weighted by Crippen LogP contribution is -2.30. The zero-order valence-electron chi connectivity index (χ0n) is 14.7. The van der Waals surface area contributed by atoms with E-state index in [1.807, 2.05) is 10.9 Å². The van der Waals surface area contributed by atoms with E-state index in [0.29, 0.717) is 38.8 Å². The molecule has 8 N–H and O–H groups in total. The molecule has 0 rings (SSSR count). The third-order valence-electron chi connectivity index (χ3n) is 3.04. The van der Waals surface area contributed by atoms with Gasteiger partial charge < -0.3 is 10.6 Å². The van der Waals surface area contributed by atoms with Gasteiger partial charge in [0.1, 0.15) is 0 Å². The van der Waals surface area contributed by atoms with Crippen LogP contribution in [0.25, 0.3) is 0 Å². The molecule has 0 heterocycles. The first-order valence-corrected chi connectivity index (χ1v) is 10.7. The molecule has 0 aromatic carbocycles. The standard InChI is InChI=1S/C14H28N6O4S2/c15-19-13(23)5-1-3-11(21)17-7-9-25-26-10-8-18-12(22)4-2-6-14(24)20-16/h1-10,15-16H2,(H,17,21)(H,18,22)(H,19,23)(H,20,24). The molecule has 0 radical (unpaired) electrons. The Morgan fingerprint density at radius 3 is 1.31 bits per heavy atom. The van der Waals surface area contributed by atoms with E-state index in [2.05, 4.69) is 10.6 Å². The second-order valence-electron chi connectivity index (χ2n) is 5.19. The zero-order valence-corrected chi connectivity index (χ0v) is 16.3. The molecular weight excluding hydrogens is 380 g/mol. The molecule has 0 fully saturated rings. The van der Waals surface area contributed by atoms with E-state index in [1.165, 1.54) is 0 Å². The highest BCUT2D eigenvalue weighted by Crippen LogP contribution is 2.19. The van der Waals surface area contributed by atoms with Crippen LogP contribution in [0.5, 0.6) is 0 Å². The van der Waals surface area contributed by atoms with Crippen molar-refractivity contribution >= 4 is 45.2 Å². The van der Waals surface area contributed by atoms with Crippen LogP contribution in [0.15, 0.2) is 0 Å². The van der Waals surface area contributed by atoms with Gasteiger partial charge in [0.25, 0.3) is 0 Å². The molecule has 0 aliphatic heterocycles. The van der Waals surface area contributed by atoms with E-state index in [4.69, 9.17) is 11.7 Å². The van der Waals surface area contributed by atoms with Crippen molar-refractivity contribution in [1.82, 2.24) is 21.5 Å². The maximum atomic E-state index is 11.5. The quantitative estimate of drug-likeness (QED) is 0.0653. The number of hydrazine groups is 2. The van der Waals surface area contributed by atoms with Crippen LogP contribution in [0.1, 0.15) is 38.5 Å². The fourth-order valence-corrected chi connectivity index (χ4v) is 3.54. The summed E-state index contributed by atoms with van der Waals surface area (Å²) in [7, 11) is 3.21. The van der Waals surface area contributed by atoms with E-state index < -0.39 is 0 Å². The number of hydrogen-bond donors (Lipinski definition) is 6. The van der Waals surface area contributed by atoms with E-state index in [1.54, 1.807) is 21.6 Å². The van der Waals surface area contributed by atoms with Crippen LogP contribution < -0.4 is 33.2 Å². The monoisotopic (exact) mass is 408 g/mol. The number of carbonyl (C=O) groups is 4. The van der Waals surface area contributed by atoms with Gasteiger partial charge in [0.15, 0.2) is 0 Å². The molecule has 0 aromatic rings. The van der Waals surface area contributed by atoms with Gasteiger partial charge in [0.05, 0.1) is 0 Å². The lowest BCUT2D eigenvalue weighted by molar-refractivity contribution is -0.124. The Morgan fingerprint density at radius 1 is 0.615 bits per heavy atom. The second kappa shape index (κ2) is 16.9. The summed E-state index contributed by atoms with van der Waals surface area (Å²) in [6.45, 7) is 1.10. The van der Waals surface area contributed by atoms with Crippen molar-refractivity contribution in [2.45, 2.75) is 38.5 Å². The molecular formula is C14H28N6O4S2. The van der Waals surface area contributed by atoms with E-state index >= 15 is 0 Å². The second-order valence-corrected chi connectivity index (χ2v) is 7.89. The predicted molar refractivity (Wildman–Crippen MR) is 103 cm³/mol. The van der Waals surface area contributed by atoms with Crippen molar-refractivity contribution in [2.75, 3.05) is 24.6 Å². The molecule has 26 heavy (non-hydrogen) atoms. The van der Waals surface area contributed by atoms with Crippen molar-refractivity contribution in [3.05, 3.63) is 0 Å². The van der Waals surface area contributed by atoms with Crippen molar-refractivity contribution in [3.63, 3.8) is 0 Å². The van der Waals surface area contributed by atoms with Crippen LogP contribution in [0.3, 0.4) is 0 Å². The minimum atomic E-state index is -0.280. The van der Waals surface area contributed by atoms with Gasteiger partial charge in [0, 0.05) is 50.3 Å². The van der Waals surface area contributed by atoms with Crippen molar-refractivity contribution in [1.29, 1.82) is 0 Å². The summed E-state index contributed by atoms with van der Waals surface area (Å²) in [5.41, 5.74) is 4.03. The topological polar surface area (TPSA) is 168 Å². The average molecular weight is 409 g/mol. The van der Waals surface area contributed by atoms with Crippen LogP contribution in [-0.2, 0) is 19.2 Å². The molecule has 0 unspecified atom stereocenters. The van der Waals surface area contributed by atoms with Gasteiger partial charge in [-0.25, -0.2) is 11.7 Å². The Balaban J connectivity index is 3.37. The minimum Gasteiger partial charge on any atom is -0.355 e. The highest BCUT2D eigenvalue weighted by Gasteiger charge is 2.05. The van der Waals surface area contributed by atoms with Crippen molar-refractivity contribution in [3.8, 4) is 0 Å². The molecule has 150 valence electrons. The highest BCUT2D eigenvalue weighted by molar-refractivity contribution is 8.76. The number of nitrogens with one attached hydrogen (secondary N) is 4. The predicted octanol–water partition coefficient (Wildman–Crippen LogP) is -1.08. The minimum absolute atomic E-state index is 0.0870. The van der Waals surface area contributed by atoms with E-state index in [0.717, 1.165) is 11.5 Å². The molecule has 0 spiro atoms. The number of rotatable bonds is 15. The first-order valence-electron chi connectivity index (χ1n) is 8.26. The van der Waals surface area contributed by atoms with Crippen LogP contribution in [-0.4, -0.2) is 48.2 Å². The van der Waals surface area contributed by atoms with E-state index in [9.17, 15) is 19.2 Å². The van der Waals surface area contributed by atoms with Crippen LogP contribution in [0.4, 0.5) is 0 Å². The fourth-order valence-electron chi connectivity index (χ4n) is 1.72. The Hall–Kier alpha value is -1.50. The third kappa shape index (κ3) is 16.0. The number of nitrogens with two attached hydrogens (primary N) is 2. The van der Waals surface area contributed by atoms with Gasteiger partial charge in [-0.05, 0) is 12.8 Å². The van der Waals surface area contributed by atoms with Gasteiger partial charge in [-0.15, -0.1) is 0 Å². The summed E-state index contributed by atoms with van der Waals surface area (Å²) >= 11 is 0. The van der Waals surface area contributed by atoms with E-state index in [-0.39, 0.29) is 36.5 Å². The number of amides is 4. The normalized spacial score (nSPS) is 10.1. The highest BCUT2D eigenvalue weighted by atomic mass is 33.1. The summed E-state index contributed by atoms with van der Waals surface area (Å²) in [6.07, 6.45) is 2.00. The van der Waals surface area contributed by atoms with Gasteiger partial charge in [0.2, 0.25) is 23.6 Å². The molecule has 0 aromatic heterocycles. The molecule has 0 saturated carbocycles. The number of carbonyl (C=O) groups excluding carboxylic acids is 4. The molecule has 0 atom stereocenters. The summed E-state index contributed by atoms with van der Waals surface area (Å²) < 4.78 is 0. The Bertz CT molecular complexity index is 413. The lowest BCUT2D eigenvalue weighted by Gasteiger charge is -2.06. The Labute approximate surface area is 161 Å². The van der Waals surface area contributed by atoms with Gasteiger partial charge >= 0.3 is 0 Å². The van der Waals surface area contributed by atoms with Crippen LogP contribution >= 0.6 is 21.6 Å². The fraction of sp³-hybridized carbons (Fsp3) is 0.714. The van der Waals surface area contributed by atoms with Gasteiger partial charge in [-0.3, -0.25) is 30.0 Å². The summed E-state index contributed by atoms with van der Waals surface area (Å²) in [6, 6.07) is 0. The van der Waals surface area contributed by atoms with Crippen LogP contribution in [0.2, 0.25) is 0 Å². The molecule has 4 amide bonds. The van der Waals surface area contributed by atoms with Crippen molar-refractivity contribution in [2.24, 2.45) is 11.7 Å². The lowest BCUT2D eigenvalue weighted by atomic mass is 10.2. The van der Waals surface area contributed by atoms with Crippen LogP contribution in [0, 0.1) is 0 Å². The molecule has 0 saturated heterocycles.